The highest BCUT2D eigenvalue weighted by molar-refractivity contribution is 6.29. The van der Waals surface area contributed by atoms with E-state index in [4.69, 9.17) is 22.4 Å². The first-order valence-electron chi connectivity index (χ1n) is 11.4. The third-order valence-corrected chi connectivity index (χ3v) is 5.74. The number of carbonyl (C=O) groups excluding carboxylic acids is 4. The number of carbonyl (C=O) groups is 4. The minimum absolute atomic E-state index is 0.0648. The van der Waals surface area contributed by atoms with E-state index in [0.717, 1.165) is 12.8 Å². The molecule has 37 heavy (non-hydrogen) atoms. The van der Waals surface area contributed by atoms with Gasteiger partial charge in [0, 0.05) is 23.7 Å². The molecule has 1 aliphatic rings. The maximum absolute atomic E-state index is 13.2. The summed E-state index contributed by atoms with van der Waals surface area (Å²) in [7, 11) is 0. The lowest BCUT2D eigenvalue weighted by Crippen LogP contribution is -2.41. The van der Waals surface area contributed by atoms with E-state index in [2.05, 4.69) is 26.0 Å². The van der Waals surface area contributed by atoms with Crippen LogP contribution in [0.5, 0.6) is 0 Å². The molecule has 0 bridgehead atoms. The standard InChI is InChI=1S/C23H25ClN8O5/c24-17-2-1-3-18(28-17)29-19(34)11-31(14-5-6-14)20(35)12-32-16-7-4-13(27-23(37)26-8-9-33)10-15(16)21(30-32)22(25)36/h1-4,7,10,14,33H,5-6,8-9,11-12H2,(H2,25,36)(H2,26,27,37)(H,28,29,34). The van der Waals surface area contributed by atoms with Gasteiger partial charge in [-0.1, -0.05) is 17.7 Å². The number of amides is 5. The minimum atomic E-state index is -0.800. The Morgan fingerprint density at radius 1 is 1.16 bits per heavy atom. The summed E-state index contributed by atoms with van der Waals surface area (Å²) < 4.78 is 1.35. The van der Waals surface area contributed by atoms with E-state index in [1.807, 2.05) is 0 Å². The summed E-state index contributed by atoms with van der Waals surface area (Å²) in [5.41, 5.74) is 6.25. The van der Waals surface area contributed by atoms with Crippen molar-refractivity contribution in [1.29, 1.82) is 0 Å². The summed E-state index contributed by atoms with van der Waals surface area (Å²) in [6.07, 6.45) is 1.54. The van der Waals surface area contributed by atoms with Gasteiger partial charge < -0.3 is 31.7 Å². The van der Waals surface area contributed by atoms with E-state index in [-0.39, 0.29) is 54.9 Å². The van der Waals surface area contributed by atoms with Crippen LogP contribution in [0.3, 0.4) is 0 Å². The van der Waals surface area contributed by atoms with Crippen molar-refractivity contribution in [2.45, 2.75) is 25.4 Å². The number of aliphatic hydroxyl groups is 1. The molecule has 3 aromatic rings. The number of pyridine rings is 1. The number of benzene rings is 1. The van der Waals surface area contributed by atoms with Gasteiger partial charge in [-0.2, -0.15) is 5.10 Å². The van der Waals surface area contributed by atoms with Crippen molar-refractivity contribution >= 4 is 57.8 Å². The summed E-state index contributed by atoms with van der Waals surface area (Å²) in [5, 5.41) is 21.3. The highest BCUT2D eigenvalue weighted by Crippen LogP contribution is 2.28. The number of nitrogens with two attached hydrogens (primary N) is 1. The van der Waals surface area contributed by atoms with Crippen LogP contribution in [0.15, 0.2) is 36.4 Å². The van der Waals surface area contributed by atoms with Gasteiger partial charge in [-0.15, -0.1) is 0 Å². The number of anilines is 2. The predicted molar refractivity (Wildman–Crippen MR) is 135 cm³/mol. The second-order valence-corrected chi connectivity index (χ2v) is 8.74. The van der Waals surface area contributed by atoms with E-state index < -0.39 is 17.8 Å². The first-order valence-corrected chi connectivity index (χ1v) is 11.8. The number of aliphatic hydroxyl groups excluding tert-OH is 1. The van der Waals surface area contributed by atoms with Crippen LogP contribution >= 0.6 is 11.6 Å². The Bertz CT molecular complexity index is 1360. The molecule has 1 saturated carbocycles. The zero-order valence-corrected chi connectivity index (χ0v) is 20.4. The average Bonchev–Trinajstić information content (AvgIpc) is 3.63. The molecule has 1 aliphatic carbocycles. The molecular formula is C23H25ClN8O5. The summed E-state index contributed by atoms with van der Waals surface area (Å²) in [6, 6.07) is 8.91. The van der Waals surface area contributed by atoms with Gasteiger partial charge in [0.05, 0.1) is 12.1 Å². The number of nitrogens with zero attached hydrogens (tertiary/aromatic N) is 4. The zero-order valence-electron chi connectivity index (χ0n) is 19.6. The highest BCUT2D eigenvalue weighted by Gasteiger charge is 2.34. The average molecular weight is 529 g/mol. The van der Waals surface area contributed by atoms with E-state index in [0.29, 0.717) is 16.6 Å². The quantitative estimate of drug-likeness (QED) is 0.242. The molecule has 2 heterocycles. The molecule has 4 rings (SSSR count). The molecule has 0 unspecified atom stereocenters. The topological polar surface area (TPSA) is 185 Å². The molecule has 1 fully saturated rings. The van der Waals surface area contributed by atoms with Gasteiger partial charge in [0.1, 0.15) is 24.1 Å². The lowest BCUT2D eigenvalue weighted by atomic mass is 10.2. The highest BCUT2D eigenvalue weighted by atomic mass is 35.5. The summed E-state index contributed by atoms with van der Waals surface area (Å²) >= 11 is 5.86. The fraction of sp³-hybridized carbons (Fsp3) is 0.304. The van der Waals surface area contributed by atoms with Crippen molar-refractivity contribution < 1.29 is 24.3 Å². The van der Waals surface area contributed by atoms with E-state index in [9.17, 15) is 19.2 Å². The SMILES string of the molecule is NC(=O)c1nn(CC(=O)N(CC(=O)Nc2cccc(Cl)n2)C2CC2)c2ccc(NC(=O)NCCO)cc12. The number of urea groups is 1. The summed E-state index contributed by atoms with van der Waals surface area (Å²) in [4.78, 5) is 55.2. The van der Waals surface area contributed by atoms with Crippen molar-refractivity contribution in [3.05, 3.63) is 47.2 Å². The van der Waals surface area contributed by atoms with E-state index in [1.165, 1.54) is 15.6 Å². The Hall–Kier alpha value is -4.23. The molecule has 6 N–H and O–H groups in total. The van der Waals surface area contributed by atoms with Crippen LogP contribution in [0, 0.1) is 0 Å². The Balaban J connectivity index is 1.51. The predicted octanol–water partition coefficient (Wildman–Crippen LogP) is 0.927. The van der Waals surface area contributed by atoms with Crippen LogP contribution in [-0.4, -0.2) is 74.3 Å². The number of halogens is 1. The lowest BCUT2D eigenvalue weighted by molar-refractivity contribution is -0.135. The Labute approximate surface area is 215 Å². The summed E-state index contributed by atoms with van der Waals surface area (Å²) in [5.74, 6) is -1.30. The first kappa shape index (κ1) is 25.9. The largest absolute Gasteiger partial charge is 0.395 e. The van der Waals surface area contributed by atoms with Gasteiger partial charge in [-0.05, 0) is 43.2 Å². The first-order chi connectivity index (χ1) is 17.7. The summed E-state index contributed by atoms with van der Waals surface area (Å²) in [6.45, 7) is -0.550. The number of hydrogen-bond acceptors (Lipinski definition) is 7. The number of rotatable bonds is 10. The molecule has 0 spiro atoms. The molecule has 0 atom stereocenters. The van der Waals surface area contributed by atoms with Crippen molar-refractivity contribution in [1.82, 2.24) is 25.0 Å². The zero-order chi connectivity index (χ0) is 26.5. The molecule has 0 saturated heterocycles. The monoisotopic (exact) mass is 528 g/mol. The fourth-order valence-corrected chi connectivity index (χ4v) is 3.91. The Morgan fingerprint density at radius 2 is 1.95 bits per heavy atom. The third kappa shape index (κ3) is 6.51. The van der Waals surface area contributed by atoms with Crippen molar-refractivity contribution in [2.24, 2.45) is 5.73 Å². The van der Waals surface area contributed by atoms with Crippen LogP contribution in [0.4, 0.5) is 16.3 Å². The second kappa shape index (κ2) is 11.2. The Kier molecular flexibility index (Phi) is 7.84. The molecule has 0 aliphatic heterocycles. The number of aromatic nitrogens is 3. The molecule has 13 nitrogen and oxygen atoms in total. The normalized spacial score (nSPS) is 12.7. The molecule has 14 heteroatoms. The molecule has 1 aromatic carbocycles. The maximum Gasteiger partial charge on any atom is 0.319 e. The van der Waals surface area contributed by atoms with Crippen LogP contribution in [-0.2, 0) is 16.1 Å². The molecule has 0 radical (unpaired) electrons. The van der Waals surface area contributed by atoms with Crippen LogP contribution in [0.2, 0.25) is 5.15 Å². The smallest absolute Gasteiger partial charge is 0.319 e. The molecule has 194 valence electrons. The van der Waals surface area contributed by atoms with Gasteiger partial charge >= 0.3 is 6.03 Å². The van der Waals surface area contributed by atoms with Crippen LogP contribution in [0.25, 0.3) is 10.9 Å². The number of nitrogens with one attached hydrogen (secondary N) is 3. The van der Waals surface area contributed by atoms with E-state index in [1.54, 1.807) is 30.3 Å². The Morgan fingerprint density at radius 3 is 2.62 bits per heavy atom. The molecule has 2 aromatic heterocycles. The maximum atomic E-state index is 13.2. The number of primary amides is 1. The molecule has 5 amide bonds. The van der Waals surface area contributed by atoms with Crippen molar-refractivity contribution in [2.75, 3.05) is 30.3 Å². The minimum Gasteiger partial charge on any atom is -0.395 e. The molecular weight excluding hydrogens is 504 g/mol. The van der Waals surface area contributed by atoms with Gasteiger partial charge in [-0.25, -0.2) is 9.78 Å². The number of fused-ring (bicyclic) bond motifs is 1. The van der Waals surface area contributed by atoms with Gasteiger partial charge in [-0.3, -0.25) is 19.1 Å². The van der Waals surface area contributed by atoms with Gasteiger partial charge in [0.25, 0.3) is 5.91 Å². The second-order valence-electron chi connectivity index (χ2n) is 8.35. The van der Waals surface area contributed by atoms with Crippen molar-refractivity contribution in [3.8, 4) is 0 Å². The van der Waals surface area contributed by atoms with E-state index >= 15 is 0 Å². The van der Waals surface area contributed by atoms with Gasteiger partial charge in [0.2, 0.25) is 11.8 Å². The van der Waals surface area contributed by atoms with Gasteiger partial charge in [0.15, 0.2) is 5.69 Å². The fourth-order valence-electron chi connectivity index (χ4n) is 3.75. The van der Waals surface area contributed by atoms with Crippen LogP contribution in [0.1, 0.15) is 23.3 Å². The van der Waals surface area contributed by atoms with Crippen LogP contribution < -0.4 is 21.7 Å². The third-order valence-electron chi connectivity index (χ3n) is 5.53. The number of hydrogen-bond donors (Lipinski definition) is 5. The van der Waals surface area contributed by atoms with Crippen molar-refractivity contribution in [3.63, 3.8) is 0 Å². The lowest BCUT2D eigenvalue weighted by Gasteiger charge is -2.22.